The van der Waals surface area contributed by atoms with Crippen LogP contribution in [0.5, 0.6) is 0 Å². The van der Waals surface area contributed by atoms with Gasteiger partial charge in [0.2, 0.25) is 11.8 Å². The zero-order chi connectivity index (χ0) is 22.1. The highest BCUT2D eigenvalue weighted by Gasteiger charge is 2.39. The summed E-state index contributed by atoms with van der Waals surface area (Å²) in [6.07, 6.45) is 0.801. The molecule has 3 heterocycles. The molecule has 1 fully saturated rings. The van der Waals surface area contributed by atoms with Crippen molar-refractivity contribution >= 4 is 29.5 Å². The standard InChI is InChI=1S/C20H19ClFN5O4/c1-10(18-23-8-16(31-18)12-3-5-13(21)6-4-12)25-19-24-7-14(22)17(26-19)27-15(11(2)28)9-30-20(27)29/h3-8,10-11,15,28H,9H2,1-2H3,(H,24,25,26)/t10-,11+,15?/m0/s1. The Hall–Kier alpha value is -3.24. The zero-order valence-electron chi connectivity index (χ0n) is 16.6. The van der Waals surface area contributed by atoms with Gasteiger partial charge >= 0.3 is 6.09 Å². The van der Waals surface area contributed by atoms with Gasteiger partial charge in [0.25, 0.3) is 0 Å². The van der Waals surface area contributed by atoms with E-state index < -0.39 is 30.1 Å². The van der Waals surface area contributed by atoms with Gasteiger partial charge in [-0.05, 0) is 38.1 Å². The van der Waals surface area contributed by atoms with Crippen molar-refractivity contribution in [3.63, 3.8) is 0 Å². The summed E-state index contributed by atoms with van der Waals surface area (Å²) in [7, 11) is 0. The van der Waals surface area contributed by atoms with Crippen LogP contribution < -0.4 is 10.2 Å². The van der Waals surface area contributed by atoms with E-state index in [9.17, 15) is 14.3 Å². The smallest absolute Gasteiger partial charge is 0.416 e. The molecule has 3 atom stereocenters. The number of rotatable bonds is 6. The monoisotopic (exact) mass is 447 g/mol. The van der Waals surface area contributed by atoms with E-state index in [4.69, 9.17) is 20.8 Å². The molecule has 0 spiro atoms. The quantitative estimate of drug-likeness (QED) is 0.586. The molecular weight excluding hydrogens is 429 g/mol. The number of nitrogens with one attached hydrogen (secondary N) is 1. The molecule has 11 heteroatoms. The topological polar surface area (TPSA) is 114 Å². The van der Waals surface area contributed by atoms with Crippen LogP contribution in [0.4, 0.5) is 21.0 Å². The number of benzene rings is 1. The highest BCUT2D eigenvalue weighted by molar-refractivity contribution is 6.30. The van der Waals surface area contributed by atoms with Gasteiger partial charge in [0, 0.05) is 10.6 Å². The number of cyclic esters (lactones) is 1. The van der Waals surface area contributed by atoms with E-state index in [0.29, 0.717) is 16.7 Å². The Balaban J connectivity index is 1.54. The number of amides is 1. The molecule has 0 bridgehead atoms. The Kier molecular flexibility index (Phi) is 5.75. The molecule has 1 aliphatic rings. The summed E-state index contributed by atoms with van der Waals surface area (Å²) in [6.45, 7) is 3.19. The molecule has 2 aromatic heterocycles. The Morgan fingerprint density at radius 1 is 1.26 bits per heavy atom. The number of anilines is 2. The molecule has 3 aromatic rings. The summed E-state index contributed by atoms with van der Waals surface area (Å²) in [5.74, 6) is -0.127. The number of aromatic nitrogens is 3. The molecule has 2 N–H and O–H groups in total. The Morgan fingerprint density at radius 3 is 2.71 bits per heavy atom. The van der Waals surface area contributed by atoms with Gasteiger partial charge in [0.1, 0.15) is 18.7 Å². The van der Waals surface area contributed by atoms with Crippen LogP contribution >= 0.6 is 11.6 Å². The predicted molar refractivity (Wildman–Crippen MR) is 110 cm³/mol. The molecular formula is C20H19ClFN5O4. The van der Waals surface area contributed by atoms with Crippen molar-refractivity contribution in [1.82, 2.24) is 15.0 Å². The van der Waals surface area contributed by atoms with Crippen LogP contribution in [0.15, 0.2) is 41.1 Å². The van der Waals surface area contributed by atoms with Gasteiger partial charge in [-0.3, -0.25) is 0 Å². The van der Waals surface area contributed by atoms with Gasteiger partial charge in [-0.25, -0.2) is 24.1 Å². The van der Waals surface area contributed by atoms with Crippen LogP contribution in [-0.2, 0) is 4.74 Å². The van der Waals surface area contributed by atoms with E-state index in [1.807, 2.05) is 12.1 Å². The molecule has 9 nitrogen and oxygen atoms in total. The predicted octanol–water partition coefficient (Wildman–Crippen LogP) is 3.80. The number of carbonyl (C=O) groups is 1. The number of hydrogen-bond acceptors (Lipinski definition) is 8. The van der Waals surface area contributed by atoms with Crippen molar-refractivity contribution in [2.24, 2.45) is 0 Å². The van der Waals surface area contributed by atoms with Gasteiger partial charge in [-0.15, -0.1) is 0 Å². The fourth-order valence-corrected chi connectivity index (χ4v) is 3.25. The van der Waals surface area contributed by atoms with E-state index in [2.05, 4.69) is 20.3 Å². The molecule has 0 saturated carbocycles. The van der Waals surface area contributed by atoms with Crippen molar-refractivity contribution < 1.29 is 23.4 Å². The maximum atomic E-state index is 14.4. The third-order valence-electron chi connectivity index (χ3n) is 4.78. The first-order valence-electron chi connectivity index (χ1n) is 9.48. The second kappa shape index (κ2) is 8.48. The molecule has 1 unspecified atom stereocenters. The van der Waals surface area contributed by atoms with Gasteiger partial charge in [-0.2, -0.15) is 4.98 Å². The van der Waals surface area contributed by atoms with Gasteiger partial charge in [-0.1, -0.05) is 11.6 Å². The first kappa shape index (κ1) is 21.0. The number of oxazole rings is 1. The maximum absolute atomic E-state index is 14.4. The summed E-state index contributed by atoms with van der Waals surface area (Å²) in [5.41, 5.74) is 0.812. The summed E-state index contributed by atoms with van der Waals surface area (Å²) in [6, 6.07) is 5.91. The lowest BCUT2D eigenvalue weighted by atomic mass is 10.2. The van der Waals surface area contributed by atoms with Crippen LogP contribution in [-0.4, -0.2) is 44.9 Å². The van der Waals surface area contributed by atoms with Crippen molar-refractivity contribution in [2.75, 3.05) is 16.8 Å². The summed E-state index contributed by atoms with van der Waals surface area (Å²) in [5, 5.41) is 13.5. The molecule has 0 radical (unpaired) electrons. The number of carbonyl (C=O) groups excluding carboxylic acids is 1. The highest BCUT2D eigenvalue weighted by Crippen LogP contribution is 2.28. The van der Waals surface area contributed by atoms with E-state index in [-0.39, 0.29) is 18.4 Å². The van der Waals surface area contributed by atoms with Crippen LogP contribution in [0, 0.1) is 5.82 Å². The van der Waals surface area contributed by atoms with Gasteiger partial charge in [0.05, 0.1) is 18.5 Å². The minimum Gasteiger partial charge on any atom is -0.447 e. The maximum Gasteiger partial charge on any atom is 0.416 e. The largest absolute Gasteiger partial charge is 0.447 e. The number of aliphatic hydroxyl groups is 1. The molecule has 4 rings (SSSR count). The molecule has 1 aliphatic heterocycles. The Labute approximate surface area is 181 Å². The number of halogens is 2. The lowest BCUT2D eigenvalue weighted by molar-refractivity contribution is 0.142. The molecule has 1 amide bonds. The van der Waals surface area contributed by atoms with Crippen LogP contribution in [0.25, 0.3) is 11.3 Å². The minimum atomic E-state index is -0.935. The van der Waals surface area contributed by atoms with E-state index in [1.54, 1.807) is 25.3 Å². The molecule has 0 aliphatic carbocycles. The average Bonchev–Trinajstić information content (AvgIpc) is 3.37. The van der Waals surface area contributed by atoms with E-state index in [1.165, 1.54) is 6.92 Å². The highest BCUT2D eigenvalue weighted by atomic mass is 35.5. The molecule has 1 saturated heterocycles. The number of hydrogen-bond donors (Lipinski definition) is 2. The number of nitrogens with zero attached hydrogens (tertiary/aromatic N) is 4. The molecule has 1 aromatic carbocycles. The van der Waals surface area contributed by atoms with Crippen LogP contribution in [0.2, 0.25) is 5.02 Å². The SMILES string of the molecule is C[C@H](Nc1ncc(F)c(N2C(=O)OCC2[C@@H](C)O)n1)c1ncc(-c2ccc(Cl)cc2)o1. The fourth-order valence-electron chi connectivity index (χ4n) is 3.12. The van der Waals surface area contributed by atoms with Crippen molar-refractivity contribution in [1.29, 1.82) is 0 Å². The van der Waals surface area contributed by atoms with Gasteiger partial charge in [0.15, 0.2) is 17.4 Å². The average molecular weight is 448 g/mol. The summed E-state index contributed by atoms with van der Waals surface area (Å²) in [4.78, 5) is 25.4. The molecule has 162 valence electrons. The Morgan fingerprint density at radius 2 is 2.00 bits per heavy atom. The van der Waals surface area contributed by atoms with Gasteiger partial charge < -0.3 is 19.6 Å². The fraction of sp³-hybridized carbons (Fsp3) is 0.300. The lowest BCUT2D eigenvalue weighted by Crippen LogP contribution is -2.42. The third-order valence-corrected chi connectivity index (χ3v) is 5.04. The van der Waals surface area contributed by atoms with Crippen molar-refractivity contribution in [2.45, 2.75) is 32.0 Å². The number of ether oxygens (including phenoxy) is 1. The zero-order valence-corrected chi connectivity index (χ0v) is 17.4. The Bertz CT molecular complexity index is 1090. The normalized spacial score (nSPS) is 18.0. The third kappa shape index (κ3) is 4.30. The summed E-state index contributed by atoms with van der Waals surface area (Å²) < 4.78 is 25.1. The van der Waals surface area contributed by atoms with Crippen LogP contribution in [0.1, 0.15) is 25.8 Å². The number of aliphatic hydroxyl groups excluding tert-OH is 1. The van der Waals surface area contributed by atoms with E-state index in [0.717, 1.165) is 16.7 Å². The molecule has 31 heavy (non-hydrogen) atoms. The first-order chi connectivity index (χ1) is 14.8. The van der Waals surface area contributed by atoms with Crippen molar-refractivity contribution in [3.8, 4) is 11.3 Å². The minimum absolute atomic E-state index is 0.0548. The van der Waals surface area contributed by atoms with Crippen LogP contribution in [0.3, 0.4) is 0 Å². The lowest BCUT2D eigenvalue weighted by Gasteiger charge is -2.23. The first-order valence-corrected chi connectivity index (χ1v) is 9.86. The second-order valence-corrected chi connectivity index (χ2v) is 7.49. The summed E-state index contributed by atoms with van der Waals surface area (Å²) >= 11 is 5.91. The van der Waals surface area contributed by atoms with Crippen molar-refractivity contribution in [3.05, 3.63) is 53.4 Å². The second-order valence-electron chi connectivity index (χ2n) is 7.06. The van der Waals surface area contributed by atoms with E-state index >= 15 is 0 Å².